The summed E-state index contributed by atoms with van der Waals surface area (Å²) in [5, 5.41) is 0.915. The van der Waals surface area contributed by atoms with E-state index in [1.807, 2.05) is 35.0 Å². The highest BCUT2D eigenvalue weighted by molar-refractivity contribution is 7.80. The molecule has 0 aliphatic carbocycles. The summed E-state index contributed by atoms with van der Waals surface area (Å²) in [6.07, 6.45) is 5.49. The van der Waals surface area contributed by atoms with Crippen molar-refractivity contribution in [2.45, 2.75) is 11.8 Å². The SMILES string of the molecule is SC(Cn1ccnc1)c1ccc(Cl)cc1. The zero-order chi connectivity index (χ0) is 10.7. The molecule has 1 aromatic heterocycles. The Balaban J connectivity index is 2.08. The lowest BCUT2D eigenvalue weighted by Gasteiger charge is -2.11. The second-order valence-corrected chi connectivity index (χ2v) is 4.39. The molecule has 0 N–H and O–H groups in total. The molecule has 15 heavy (non-hydrogen) atoms. The summed E-state index contributed by atoms with van der Waals surface area (Å²) in [7, 11) is 0. The zero-order valence-electron chi connectivity index (χ0n) is 8.05. The Labute approximate surface area is 99.3 Å². The van der Waals surface area contributed by atoms with Crippen LogP contribution in [0.3, 0.4) is 0 Å². The van der Waals surface area contributed by atoms with Crippen molar-refractivity contribution in [3.63, 3.8) is 0 Å². The van der Waals surface area contributed by atoms with Crippen LogP contribution in [0.4, 0.5) is 0 Å². The third-order valence-corrected chi connectivity index (χ3v) is 2.91. The van der Waals surface area contributed by atoms with Gasteiger partial charge in [0.05, 0.1) is 6.33 Å². The van der Waals surface area contributed by atoms with Gasteiger partial charge in [-0.05, 0) is 17.7 Å². The minimum absolute atomic E-state index is 0.163. The highest BCUT2D eigenvalue weighted by Gasteiger charge is 2.06. The smallest absolute Gasteiger partial charge is 0.0946 e. The van der Waals surface area contributed by atoms with Crippen molar-refractivity contribution >= 4 is 24.2 Å². The second-order valence-electron chi connectivity index (χ2n) is 3.33. The average Bonchev–Trinajstić information content (AvgIpc) is 2.71. The van der Waals surface area contributed by atoms with Gasteiger partial charge in [0.2, 0.25) is 0 Å². The topological polar surface area (TPSA) is 17.8 Å². The number of imidazole rings is 1. The molecule has 0 spiro atoms. The van der Waals surface area contributed by atoms with Gasteiger partial charge in [0.1, 0.15) is 0 Å². The molecule has 0 saturated heterocycles. The van der Waals surface area contributed by atoms with Gasteiger partial charge in [-0.15, -0.1) is 0 Å². The van der Waals surface area contributed by atoms with Gasteiger partial charge in [0, 0.05) is 29.2 Å². The third-order valence-electron chi connectivity index (χ3n) is 2.20. The Bertz CT molecular complexity index is 411. The molecule has 1 heterocycles. The predicted molar refractivity (Wildman–Crippen MR) is 65.4 cm³/mol. The molecule has 78 valence electrons. The molecule has 0 amide bonds. The number of benzene rings is 1. The minimum Gasteiger partial charge on any atom is -0.336 e. The van der Waals surface area contributed by atoms with Crippen LogP contribution in [-0.4, -0.2) is 9.55 Å². The van der Waals surface area contributed by atoms with Gasteiger partial charge >= 0.3 is 0 Å². The lowest BCUT2D eigenvalue weighted by Crippen LogP contribution is -2.02. The maximum atomic E-state index is 5.82. The Kier molecular flexibility index (Phi) is 3.34. The van der Waals surface area contributed by atoms with E-state index in [9.17, 15) is 0 Å². The molecule has 2 rings (SSSR count). The first-order chi connectivity index (χ1) is 7.25. The summed E-state index contributed by atoms with van der Waals surface area (Å²) in [6, 6.07) is 7.76. The van der Waals surface area contributed by atoms with Crippen LogP contribution >= 0.6 is 24.2 Å². The maximum Gasteiger partial charge on any atom is 0.0946 e. The zero-order valence-corrected chi connectivity index (χ0v) is 9.70. The van der Waals surface area contributed by atoms with Crippen LogP contribution < -0.4 is 0 Å². The lowest BCUT2D eigenvalue weighted by molar-refractivity contribution is 0.686. The first-order valence-electron chi connectivity index (χ1n) is 4.65. The fraction of sp³-hybridized carbons (Fsp3) is 0.182. The first kappa shape index (κ1) is 10.6. The summed E-state index contributed by atoms with van der Waals surface area (Å²) in [5.41, 5.74) is 1.16. The van der Waals surface area contributed by atoms with E-state index in [2.05, 4.69) is 17.6 Å². The molecule has 0 aliphatic heterocycles. The van der Waals surface area contributed by atoms with E-state index in [1.54, 1.807) is 12.5 Å². The normalized spacial score (nSPS) is 12.7. The lowest BCUT2D eigenvalue weighted by atomic mass is 10.1. The Hall–Kier alpha value is -0.930. The Morgan fingerprint density at radius 2 is 2.07 bits per heavy atom. The van der Waals surface area contributed by atoms with Crippen LogP contribution in [0.2, 0.25) is 5.02 Å². The predicted octanol–water partition coefficient (Wildman–Crippen LogP) is 3.21. The summed E-state index contributed by atoms with van der Waals surface area (Å²) in [5.74, 6) is 0. The van der Waals surface area contributed by atoms with Gasteiger partial charge < -0.3 is 4.57 Å². The molecule has 0 fully saturated rings. The number of aromatic nitrogens is 2. The van der Waals surface area contributed by atoms with Crippen LogP contribution in [-0.2, 0) is 6.54 Å². The largest absolute Gasteiger partial charge is 0.336 e. The van der Waals surface area contributed by atoms with Crippen molar-refractivity contribution in [3.8, 4) is 0 Å². The van der Waals surface area contributed by atoms with E-state index in [0.717, 1.165) is 17.1 Å². The molecule has 0 radical (unpaired) electrons. The first-order valence-corrected chi connectivity index (χ1v) is 5.54. The fourth-order valence-electron chi connectivity index (χ4n) is 1.38. The molecule has 0 bridgehead atoms. The molecule has 2 nitrogen and oxygen atoms in total. The second kappa shape index (κ2) is 4.73. The van der Waals surface area contributed by atoms with Gasteiger partial charge in [0.15, 0.2) is 0 Å². The van der Waals surface area contributed by atoms with Crippen LogP contribution in [0, 0.1) is 0 Å². The number of thiol groups is 1. The van der Waals surface area contributed by atoms with Crippen LogP contribution in [0.25, 0.3) is 0 Å². The number of rotatable bonds is 3. The molecule has 1 atom stereocenters. The van der Waals surface area contributed by atoms with Crippen molar-refractivity contribution in [2.75, 3.05) is 0 Å². The van der Waals surface area contributed by atoms with Gasteiger partial charge in [0.25, 0.3) is 0 Å². The van der Waals surface area contributed by atoms with Gasteiger partial charge in [-0.3, -0.25) is 0 Å². The molecule has 1 unspecified atom stereocenters. The standard InChI is InChI=1S/C11H11ClN2S/c12-10-3-1-9(2-4-10)11(15)7-14-6-5-13-8-14/h1-6,8,11,15H,7H2. The monoisotopic (exact) mass is 238 g/mol. The molecule has 0 saturated carbocycles. The van der Waals surface area contributed by atoms with E-state index in [1.165, 1.54) is 0 Å². The van der Waals surface area contributed by atoms with Crippen LogP contribution in [0.5, 0.6) is 0 Å². The van der Waals surface area contributed by atoms with Crippen molar-refractivity contribution in [1.29, 1.82) is 0 Å². The minimum atomic E-state index is 0.163. The Morgan fingerprint density at radius 1 is 1.33 bits per heavy atom. The van der Waals surface area contributed by atoms with E-state index in [-0.39, 0.29) is 5.25 Å². The van der Waals surface area contributed by atoms with E-state index in [0.29, 0.717) is 0 Å². The molecular weight excluding hydrogens is 228 g/mol. The summed E-state index contributed by atoms with van der Waals surface area (Å²) in [6.45, 7) is 0.810. The molecule has 0 aliphatic rings. The maximum absolute atomic E-state index is 5.82. The number of halogens is 1. The molecule has 1 aromatic carbocycles. The average molecular weight is 239 g/mol. The van der Waals surface area contributed by atoms with Gasteiger partial charge in [-0.1, -0.05) is 23.7 Å². The van der Waals surface area contributed by atoms with Crippen molar-refractivity contribution in [2.24, 2.45) is 0 Å². The van der Waals surface area contributed by atoms with Crippen LogP contribution in [0.15, 0.2) is 43.0 Å². The summed E-state index contributed by atoms with van der Waals surface area (Å²) >= 11 is 10.4. The highest BCUT2D eigenvalue weighted by atomic mass is 35.5. The number of hydrogen-bond acceptors (Lipinski definition) is 2. The van der Waals surface area contributed by atoms with Crippen molar-refractivity contribution in [1.82, 2.24) is 9.55 Å². The molecule has 4 heteroatoms. The number of nitrogens with zero attached hydrogens (tertiary/aromatic N) is 2. The van der Waals surface area contributed by atoms with E-state index >= 15 is 0 Å². The summed E-state index contributed by atoms with van der Waals surface area (Å²) < 4.78 is 2.01. The van der Waals surface area contributed by atoms with Crippen molar-refractivity contribution < 1.29 is 0 Å². The van der Waals surface area contributed by atoms with Crippen LogP contribution in [0.1, 0.15) is 10.8 Å². The van der Waals surface area contributed by atoms with Crippen molar-refractivity contribution in [3.05, 3.63) is 53.6 Å². The van der Waals surface area contributed by atoms with Gasteiger partial charge in [-0.25, -0.2) is 4.98 Å². The highest BCUT2D eigenvalue weighted by Crippen LogP contribution is 2.23. The molecule has 2 aromatic rings. The third kappa shape index (κ3) is 2.76. The van der Waals surface area contributed by atoms with E-state index < -0.39 is 0 Å². The quantitative estimate of drug-likeness (QED) is 0.813. The Morgan fingerprint density at radius 3 is 2.67 bits per heavy atom. The molecular formula is C11H11ClN2S. The number of hydrogen-bond donors (Lipinski definition) is 1. The summed E-state index contributed by atoms with van der Waals surface area (Å²) in [4.78, 5) is 3.99. The van der Waals surface area contributed by atoms with E-state index in [4.69, 9.17) is 11.6 Å². The van der Waals surface area contributed by atoms with Gasteiger partial charge in [-0.2, -0.15) is 12.6 Å². The fourth-order valence-corrected chi connectivity index (χ4v) is 1.87.